The molecular formula is C16H27ClN2O3S. The maximum absolute atomic E-state index is 12.4. The number of benzene rings is 1. The van der Waals surface area contributed by atoms with Gasteiger partial charge in [-0.15, -0.1) is 12.4 Å². The van der Waals surface area contributed by atoms with E-state index in [0.29, 0.717) is 18.0 Å². The molecule has 132 valence electrons. The van der Waals surface area contributed by atoms with Crippen LogP contribution in [0.2, 0.25) is 0 Å². The van der Waals surface area contributed by atoms with Crippen LogP contribution in [-0.4, -0.2) is 41.8 Å². The third-order valence-corrected chi connectivity index (χ3v) is 5.75. The molecule has 2 N–H and O–H groups in total. The molecule has 23 heavy (non-hydrogen) atoms. The summed E-state index contributed by atoms with van der Waals surface area (Å²) in [5.74, 6) is 0. The summed E-state index contributed by atoms with van der Waals surface area (Å²) in [5, 5.41) is 3.30. The van der Waals surface area contributed by atoms with Crippen LogP contribution < -0.4 is 10.0 Å². The lowest BCUT2D eigenvalue weighted by Gasteiger charge is -2.34. The predicted molar refractivity (Wildman–Crippen MR) is 94.7 cm³/mol. The summed E-state index contributed by atoms with van der Waals surface area (Å²) in [5.41, 5.74) is 1.11. The molecule has 0 amide bonds. The normalized spacial score (nSPS) is 17.5. The molecule has 1 aromatic carbocycles. The highest BCUT2D eigenvalue weighted by Gasteiger charge is 2.28. The third kappa shape index (κ3) is 6.04. The van der Waals surface area contributed by atoms with Crippen LogP contribution in [0.3, 0.4) is 0 Å². The van der Waals surface area contributed by atoms with Crippen LogP contribution in [0.4, 0.5) is 0 Å². The van der Waals surface area contributed by atoms with E-state index in [1.54, 1.807) is 19.2 Å². The van der Waals surface area contributed by atoms with Gasteiger partial charge in [0.15, 0.2) is 0 Å². The van der Waals surface area contributed by atoms with Crippen molar-refractivity contribution in [3.8, 4) is 0 Å². The zero-order valence-electron chi connectivity index (χ0n) is 13.8. The second-order valence-electron chi connectivity index (χ2n) is 6.27. The van der Waals surface area contributed by atoms with E-state index in [-0.39, 0.29) is 17.8 Å². The van der Waals surface area contributed by atoms with E-state index in [1.807, 2.05) is 12.1 Å². The largest absolute Gasteiger partial charge is 0.384 e. The van der Waals surface area contributed by atoms with Crippen LogP contribution in [0.25, 0.3) is 0 Å². The van der Waals surface area contributed by atoms with Crippen LogP contribution in [0.15, 0.2) is 29.2 Å². The monoisotopic (exact) mass is 362 g/mol. The summed E-state index contributed by atoms with van der Waals surface area (Å²) < 4.78 is 32.6. The molecule has 0 unspecified atom stereocenters. The second-order valence-corrected chi connectivity index (χ2v) is 8.04. The highest BCUT2D eigenvalue weighted by atomic mass is 35.5. The Balaban J connectivity index is 0.00000264. The van der Waals surface area contributed by atoms with Crippen molar-refractivity contribution in [1.82, 2.24) is 10.0 Å². The van der Waals surface area contributed by atoms with Gasteiger partial charge in [-0.1, -0.05) is 19.1 Å². The third-order valence-electron chi connectivity index (χ3n) is 4.33. The molecule has 1 fully saturated rings. The van der Waals surface area contributed by atoms with Gasteiger partial charge < -0.3 is 10.1 Å². The Morgan fingerprint density at radius 1 is 1.22 bits per heavy atom. The Morgan fingerprint density at radius 3 is 2.39 bits per heavy atom. The van der Waals surface area contributed by atoms with Gasteiger partial charge in [0.2, 0.25) is 10.0 Å². The van der Waals surface area contributed by atoms with Crippen LogP contribution in [0.5, 0.6) is 0 Å². The first-order chi connectivity index (χ1) is 10.5. The Labute approximate surface area is 145 Å². The van der Waals surface area contributed by atoms with Crippen molar-refractivity contribution >= 4 is 22.4 Å². The Bertz CT molecular complexity index is 569. The second kappa shape index (κ2) is 8.99. The Morgan fingerprint density at radius 2 is 1.83 bits per heavy atom. The average Bonchev–Trinajstić information content (AvgIpc) is 2.52. The highest BCUT2D eigenvalue weighted by Crippen LogP contribution is 2.27. The van der Waals surface area contributed by atoms with E-state index in [2.05, 4.69) is 17.0 Å². The predicted octanol–water partition coefficient (Wildman–Crippen LogP) is 1.97. The number of methoxy groups -OCH3 is 1. The minimum absolute atomic E-state index is 0. The molecule has 0 aromatic heterocycles. The SMILES string of the molecule is COCCc1ccc(S(=O)(=O)NCC2(C)CCNCC2)cc1.Cl. The molecule has 0 aliphatic carbocycles. The van der Waals surface area contributed by atoms with Crippen molar-refractivity contribution in [3.63, 3.8) is 0 Å². The fourth-order valence-corrected chi connectivity index (χ4v) is 3.81. The average molecular weight is 363 g/mol. The molecule has 7 heteroatoms. The van der Waals surface area contributed by atoms with Crippen LogP contribution >= 0.6 is 12.4 Å². The van der Waals surface area contributed by atoms with E-state index >= 15 is 0 Å². The number of sulfonamides is 1. The lowest BCUT2D eigenvalue weighted by Crippen LogP contribution is -2.42. The number of ether oxygens (including phenoxy) is 1. The zero-order valence-corrected chi connectivity index (χ0v) is 15.4. The standard InChI is InChI=1S/C16H26N2O3S.ClH/c1-16(8-10-17-11-9-16)13-18-22(19,20)15-5-3-14(4-6-15)7-12-21-2;/h3-6,17-18H,7-13H2,1-2H3;1H. The molecule has 1 aromatic rings. The summed E-state index contributed by atoms with van der Waals surface area (Å²) in [4.78, 5) is 0.325. The molecule has 1 aliphatic rings. The van der Waals surface area contributed by atoms with E-state index < -0.39 is 10.0 Å². The highest BCUT2D eigenvalue weighted by molar-refractivity contribution is 7.89. The first kappa shape index (κ1) is 20.4. The molecule has 0 radical (unpaired) electrons. The number of halogens is 1. The maximum atomic E-state index is 12.4. The topological polar surface area (TPSA) is 67.4 Å². The molecule has 5 nitrogen and oxygen atoms in total. The van der Waals surface area contributed by atoms with Crippen molar-refractivity contribution in [2.24, 2.45) is 5.41 Å². The van der Waals surface area contributed by atoms with Gasteiger partial charge in [-0.2, -0.15) is 0 Å². The van der Waals surface area contributed by atoms with Crippen LogP contribution in [0, 0.1) is 5.41 Å². The van der Waals surface area contributed by atoms with Crippen molar-refractivity contribution in [1.29, 1.82) is 0 Å². The molecule has 1 saturated heterocycles. The van der Waals surface area contributed by atoms with Crippen LogP contribution in [-0.2, 0) is 21.2 Å². The maximum Gasteiger partial charge on any atom is 0.240 e. The van der Waals surface area contributed by atoms with Gasteiger partial charge in [0.05, 0.1) is 11.5 Å². The summed E-state index contributed by atoms with van der Waals surface area (Å²) in [6.07, 6.45) is 2.77. The number of rotatable bonds is 7. The Kier molecular flexibility index (Phi) is 7.97. The molecule has 0 bridgehead atoms. The van der Waals surface area contributed by atoms with Crippen molar-refractivity contribution in [2.45, 2.75) is 31.1 Å². The van der Waals surface area contributed by atoms with E-state index in [1.165, 1.54) is 0 Å². The summed E-state index contributed by atoms with van der Waals surface area (Å²) >= 11 is 0. The zero-order chi connectivity index (χ0) is 16.1. The lowest BCUT2D eigenvalue weighted by molar-refractivity contribution is 0.202. The van der Waals surface area contributed by atoms with E-state index in [0.717, 1.165) is 37.9 Å². The smallest absolute Gasteiger partial charge is 0.240 e. The number of hydrogen-bond donors (Lipinski definition) is 2. The van der Waals surface area contributed by atoms with Gasteiger partial charge >= 0.3 is 0 Å². The van der Waals surface area contributed by atoms with Gasteiger partial charge in [-0.3, -0.25) is 0 Å². The minimum Gasteiger partial charge on any atom is -0.384 e. The number of piperidine rings is 1. The summed E-state index contributed by atoms with van der Waals surface area (Å²) in [7, 11) is -1.78. The summed E-state index contributed by atoms with van der Waals surface area (Å²) in [6, 6.07) is 7.02. The lowest BCUT2D eigenvalue weighted by atomic mass is 9.81. The van der Waals surface area contributed by atoms with Crippen LogP contribution in [0.1, 0.15) is 25.3 Å². The van der Waals surface area contributed by atoms with E-state index in [4.69, 9.17) is 4.74 Å². The molecule has 1 heterocycles. The molecule has 0 spiro atoms. The van der Waals surface area contributed by atoms with E-state index in [9.17, 15) is 8.42 Å². The van der Waals surface area contributed by atoms with Crippen molar-refractivity contribution in [2.75, 3.05) is 33.4 Å². The minimum atomic E-state index is -3.44. The quantitative estimate of drug-likeness (QED) is 0.778. The first-order valence-corrected chi connectivity index (χ1v) is 9.22. The molecule has 0 saturated carbocycles. The fourth-order valence-electron chi connectivity index (χ4n) is 2.61. The molecule has 2 rings (SSSR count). The molecular weight excluding hydrogens is 336 g/mol. The van der Waals surface area contributed by atoms with Crippen molar-refractivity contribution < 1.29 is 13.2 Å². The fraction of sp³-hybridized carbons (Fsp3) is 0.625. The molecule has 0 atom stereocenters. The van der Waals surface area contributed by atoms with Gasteiger partial charge in [-0.05, 0) is 55.5 Å². The van der Waals surface area contributed by atoms with Gasteiger partial charge in [-0.25, -0.2) is 13.1 Å². The first-order valence-electron chi connectivity index (χ1n) is 7.73. The van der Waals surface area contributed by atoms with Crippen molar-refractivity contribution in [3.05, 3.63) is 29.8 Å². The van der Waals surface area contributed by atoms with Gasteiger partial charge in [0.1, 0.15) is 0 Å². The number of nitrogens with one attached hydrogen (secondary N) is 2. The molecule has 1 aliphatic heterocycles. The summed E-state index contributed by atoms with van der Waals surface area (Å²) in [6.45, 7) is 5.17. The number of hydrogen-bond acceptors (Lipinski definition) is 4. The Hall–Kier alpha value is -0.660. The van der Waals surface area contributed by atoms with Gasteiger partial charge in [0, 0.05) is 13.7 Å². The van der Waals surface area contributed by atoms with Gasteiger partial charge in [0.25, 0.3) is 0 Å².